The third-order valence-electron chi connectivity index (χ3n) is 3.97. The zero-order valence-electron chi connectivity index (χ0n) is 12.3. The number of benzene rings is 2. The van der Waals surface area contributed by atoms with E-state index in [0.29, 0.717) is 12.1 Å². The van der Waals surface area contributed by atoms with Gasteiger partial charge in [0.15, 0.2) is 0 Å². The molecule has 1 aliphatic heterocycles. The van der Waals surface area contributed by atoms with Crippen molar-refractivity contribution >= 4 is 5.91 Å². The molecule has 1 unspecified atom stereocenters. The lowest BCUT2D eigenvalue weighted by molar-refractivity contribution is -0.120. The van der Waals surface area contributed by atoms with Gasteiger partial charge in [0, 0.05) is 12.6 Å². The van der Waals surface area contributed by atoms with E-state index < -0.39 is 0 Å². The highest BCUT2D eigenvalue weighted by Crippen LogP contribution is 2.21. The Labute approximate surface area is 129 Å². The highest BCUT2D eigenvalue weighted by molar-refractivity contribution is 5.78. The highest BCUT2D eigenvalue weighted by atomic mass is 19.1. The van der Waals surface area contributed by atoms with Gasteiger partial charge < -0.3 is 10.6 Å². The van der Waals surface area contributed by atoms with Gasteiger partial charge in [-0.25, -0.2) is 4.39 Å². The Morgan fingerprint density at radius 2 is 2.09 bits per heavy atom. The summed E-state index contributed by atoms with van der Waals surface area (Å²) < 4.78 is 13.1. The molecular weight excluding hydrogens is 279 g/mol. The molecule has 114 valence electrons. The molecule has 0 aromatic heterocycles. The number of carbonyl (C=O) groups excluding carboxylic acids is 1. The number of fused-ring (bicyclic) bond motifs is 1. The van der Waals surface area contributed by atoms with Crippen LogP contribution < -0.4 is 10.6 Å². The van der Waals surface area contributed by atoms with Crippen molar-refractivity contribution < 1.29 is 9.18 Å². The maximum Gasteiger partial charge on any atom is 0.224 e. The summed E-state index contributed by atoms with van der Waals surface area (Å²) in [6.07, 6.45) is 1.22. The monoisotopic (exact) mass is 298 g/mol. The maximum absolute atomic E-state index is 13.1. The molecule has 2 aromatic carbocycles. The quantitative estimate of drug-likeness (QED) is 0.910. The SMILES string of the molecule is O=C(Cc1cccc(F)c1)NCC1NCCc2ccccc21. The summed E-state index contributed by atoms with van der Waals surface area (Å²) in [5, 5.41) is 6.37. The molecule has 3 rings (SSSR count). The molecule has 0 radical (unpaired) electrons. The predicted molar refractivity (Wildman–Crippen MR) is 84.0 cm³/mol. The third kappa shape index (κ3) is 3.52. The molecule has 0 saturated heterocycles. The van der Waals surface area contributed by atoms with Crippen molar-refractivity contribution in [2.75, 3.05) is 13.1 Å². The largest absolute Gasteiger partial charge is 0.354 e. The fraction of sp³-hybridized carbons (Fsp3) is 0.278. The second kappa shape index (κ2) is 6.71. The zero-order valence-corrected chi connectivity index (χ0v) is 12.3. The summed E-state index contributed by atoms with van der Waals surface area (Å²) >= 11 is 0. The third-order valence-corrected chi connectivity index (χ3v) is 3.97. The van der Waals surface area contributed by atoms with Crippen LogP contribution in [-0.4, -0.2) is 19.0 Å². The standard InChI is InChI=1S/C18H19FN2O/c19-15-6-3-4-13(10-15)11-18(22)21-12-17-16-7-2-1-5-14(16)8-9-20-17/h1-7,10,17,20H,8-9,11-12H2,(H,21,22). The Morgan fingerprint density at radius 1 is 1.23 bits per heavy atom. The van der Waals surface area contributed by atoms with Crippen LogP contribution in [0.15, 0.2) is 48.5 Å². The van der Waals surface area contributed by atoms with E-state index in [0.717, 1.165) is 13.0 Å². The first-order chi connectivity index (χ1) is 10.7. The summed E-state index contributed by atoms with van der Waals surface area (Å²) in [4.78, 5) is 12.0. The Bertz CT molecular complexity index is 672. The number of halogens is 1. The molecule has 1 atom stereocenters. The molecule has 0 spiro atoms. The molecule has 1 heterocycles. The van der Waals surface area contributed by atoms with Crippen LogP contribution in [0.4, 0.5) is 4.39 Å². The molecule has 3 nitrogen and oxygen atoms in total. The van der Waals surface area contributed by atoms with Gasteiger partial charge in [0.1, 0.15) is 5.82 Å². The van der Waals surface area contributed by atoms with Gasteiger partial charge in [0.25, 0.3) is 0 Å². The van der Waals surface area contributed by atoms with E-state index in [9.17, 15) is 9.18 Å². The number of rotatable bonds is 4. The molecular formula is C18H19FN2O. The highest BCUT2D eigenvalue weighted by Gasteiger charge is 2.19. The fourth-order valence-electron chi connectivity index (χ4n) is 2.89. The van der Waals surface area contributed by atoms with Crippen molar-refractivity contribution in [3.05, 3.63) is 71.0 Å². The van der Waals surface area contributed by atoms with Gasteiger partial charge >= 0.3 is 0 Å². The predicted octanol–water partition coefficient (Wildman–Crippen LogP) is 2.37. The molecule has 22 heavy (non-hydrogen) atoms. The Morgan fingerprint density at radius 3 is 2.95 bits per heavy atom. The number of amides is 1. The Balaban J connectivity index is 1.58. The van der Waals surface area contributed by atoms with Crippen LogP contribution in [-0.2, 0) is 17.6 Å². The van der Waals surface area contributed by atoms with E-state index in [4.69, 9.17) is 0 Å². The van der Waals surface area contributed by atoms with Crippen molar-refractivity contribution in [1.29, 1.82) is 0 Å². The van der Waals surface area contributed by atoms with Gasteiger partial charge in [-0.05, 0) is 41.8 Å². The summed E-state index contributed by atoms with van der Waals surface area (Å²) in [7, 11) is 0. The second-order valence-corrected chi connectivity index (χ2v) is 5.57. The van der Waals surface area contributed by atoms with Crippen molar-refractivity contribution in [1.82, 2.24) is 10.6 Å². The van der Waals surface area contributed by atoms with Crippen LogP contribution in [0.1, 0.15) is 22.7 Å². The summed E-state index contributed by atoms with van der Waals surface area (Å²) in [6, 6.07) is 14.6. The minimum atomic E-state index is -0.312. The van der Waals surface area contributed by atoms with E-state index in [-0.39, 0.29) is 24.2 Å². The van der Waals surface area contributed by atoms with Gasteiger partial charge in [0.2, 0.25) is 5.91 Å². The van der Waals surface area contributed by atoms with Crippen molar-refractivity contribution in [3.8, 4) is 0 Å². The van der Waals surface area contributed by atoms with Crippen LogP contribution in [0.2, 0.25) is 0 Å². The second-order valence-electron chi connectivity index (χ2n) is 5.57. The van der Waals surface area contributed by atoms with Crippen molar-refractivity contribution in [2.45, 2.75) is 18.9 Å². The smallest absolute Gasteiger partial charge is 0.224 e. The van der Waals surface area contributed by atoms with Crippen LogP contribution in [0.3, 0.4) is 0 Å². The van der Waals surface area contributed by atoms with Gasteiger partial charge in [-0.1, -0.05) is 36.4 Å². The van der Waals surface area contributed by atoms with Crippen LogP contribution in [0.25, 0.3) is 0 Å². The topological polar surface area (TPSA) is 41.1 Å². The first-order valence-electron chi connectivity index (χ1n) is 7.55. The first kappa shape index (κ1) is 14.7. The minimum Gasteiger partial charge on any atom is -0.354 e. The lowest BCUT2D eigenvalue weighted by atomic mass is 9.94. The van der Waals surface area contributed by atoms with E-state index in [1.165, 1.54) is 23.3 Å². The fourth-order valence-corrected chi connectivity index (χ4v) is 2.89. The molecule has 0 fully saturated rings. The Hall–Kier alpha value is -2.20. The van der Waals surface area contributed by atoms with Gasteiger partial charge in [-0.3, -0.25) is 4.79 Å². The number of nitrogens with one attached hydrogen (secondary N) is 2. The average molecular weight is 298 g/mol. The summed E-state index contributed by atoms with van der Waals surface area (Å²) in [6.45, 7) is 1.46. The normalized spacial score (nSPS) is 16.9. The van der Waals surface area contributed by atoms with Crippen molar-refractivity contribution in [3.63, 3.8) is 0 Å². The molecule has 0 bridgehead atoms. The number of carbonyl (C=O) groups is 1. The summed E-state index contributed by atoms with van der Waals surface area (Å²) in [5.74, 6) is -0.399. The lowest BCUT2D eigenvalue weighted by Crippen LogP contribution is -2.39. The molecule has 2 N–H and O–H groups in total. The van der Waals surface area contributed by atoms with Crippen LogP contribution in [0.5, 0.6) is 0 Å². The number of hydrogen-bond donors (Lipinski definition) is 2. The van der Waals surface area contributed by atoms with Gasteiger partial charge in [-0.15, -0.1) is 0 Å². The average Bonchev–Trinajstić information content (AvgIpc) is 2.53. The molecule has 0 saturated carbocycles. The first-order valence-corrected chi connectivity index (χ1v) is 7.55. The molecule has 0 aliphatic carbocycles. The lowest BCUT2D eigenvalue weighted by Gasteiger charge is -2.27. The molecule has 1 amide bonds. The van der Waals surface area contributed by atoms with E-state index >= 15 is 0 Å². The van der Waals surface area contributed by atoms with Crippen LogP contribution >= 0.6 is 0 Å². The number of hydrogen-bond acceptors (Lipinski definition) is 2. The molecule has 4 heteroatoms. The minimum absolute atomic E-state index is 0.0875. The van der Waals surface area contributed by atoms with Gasteiger partial charge in [-0.2, -0.15) is 0 Å². The van der Waals surface area contributed by atoms with E-state index in [2.05, 4.69) is 22.8 Å². The molecule has 2 aromatic rings. The maximum atomic E-state index is 13.1. The van der Waals surface area contributed by atoms with E-state index in [1.807, 2.05) is 12.1 Å². The Kier molecular flexibility index (Phi) is 4.49. The van der Waals surface area contributed by atoms with Crippen molar-refractivity contribution in [2.24, 2.45) is 0 Å². The summed E-state index contributed by atoms with van der Waals surface area (Å²) in [5.41, 5.74) is 3.28. The van der Waals surface area contributed by atoms with Gasteiger partial charge in [0.05, 0.1) is 6.42 Å². The van der Waals surface area contributed by atoms with Crippen LogP contribution in [0, 0.1) is 5.82 Å². The van der Waals surface area contributed by atoms with E-state index in [1.54, 1.807) is 12.1 Å². The molecule has 1 aliphatic rings. The zero-order chi connectivity index (χ0) is 15.4.